The molecule has 1 unspecified atom stereocenters. The standard InChI is InChI=1S/C27H28Cl3N3O4S/c1-3-16-31-27(35)19(2)32(17-21-22(28)13-9-14-23(21)29)26(34)18-33(25-15-8-7-12-24(25)30)38(36,37)20-10-5-4-6-11-20/h4-15,19H,3,16-18H2,1-2H3,(H,31,35). The van der Waals surface area contributed by atoms with Crippen molar-refractivity contribution in [2.24, 2.45) is 0 Å². The Morgan fingerprint density at radius 1 is 0.868 bits per heavy atom. The van der Waals surface area contributed by atoms with Crippen LogP contribution in [0.4, 0.5) is 5.69 Å². The molecule has 3 aromatic carbocycles. The first-order valence-electron chi connectivity index (χ1n) is 11.9. The van der Waals surface area contributed by atoms with Gasteiger partial charge in [-0.15, -0.1) is 0 Å². The molecule has 3 aromatic rings. The molecule has 0 spiro atoms. The van der Waals surface area contributed by atoms with Crippen molar-refractivity contribution in [3.8, 4) is 0 Å². The Kier molecular flexibility index (Phi) is 10.4. The fourth-order valence-corrected chi connectivity index (χ4v) is 5.98. The number of halogens is 3. The first-order valence-corrected chi connectivity index (χ1v) is 14.5. The van der Waals surface area contributed by atoms with Gasteiger partial charge in [-0.05, 0) is 49.7 Å². The number of nitrogens with zero attached hydrogens (tertiary/aromatic N) is 2. The SMILES string of the molecule is CCCNC(=O)C(C)N(Cc1c(Cl)cccc1Cl)C(=O)CN(c1ccccc1Cl)S(=O)(=O)c1ccccc1. The van der Waals surface area contributed by atoms with E-state index in [4.69, 9.17) is 34.8 Å². The molecule has 0 bridgehead atoms. The molecule has 1 N–H and O–H groups in total. The molecule has 0 fully saturated rings. The largest absolute Gasteiger partial charge is 0.354 e. The summed E-state index contributed by atoms with van der Waals surface area (Å²) in [6.45, 7) is 3.17. The molecule has 202 valence electrons. The summed E-state index contributed by atoms with van der Waals surface area (Å²) in [6, 6.07) is 18.1. The van der Waals surface area contributed by atoms with E-state index < -0.39 is 34.4 Å². The number of anilines is 1. The molecule has 0 saturated heterocycles. The minimum absolute atomic E-state index is 0.0119. The number of amides is 2. The van der Waals surface area contributed by atoms with Gasteiger partial charge in [0, 0.05) is 28.7 Å². The van der Waals surface area contributed by atoms with Gasteiger partial charge in [0.05, 0.1) is 15.6 Å². The zero-order valence-corrected chi connectivity index (χ0v) is 24.0. The monoisotopic (exact) mass is 595 g/mol. The van der Waals surface area contributed by atoms with Crippen LogP contribution in [-0.4, -0.2) is 44.3 Å². The Bertz CT molecular complexity index is 1370. The lowest BCUT2D eigenvalue weighted by molar-refractivity contribution is -0.139. The van der Waals surface area contributed by atoms with Crippen molar-refractivity contribution in [2.45, 2.75) is 37.8 Å². The average Bonchev–Trinajstić information content (AvgIpc) is 2.90. The topological polar surface area (TPSA) is 86.8 Å². The van der Waals surface area contributed by atoms with Crippen LogP contribution >= 0.6 is 34.8 Å². The van der Waals surface area contributed by atoms with Gasteiger partial charge in [0.2, 0.25) is 11.8 Å². The number of sulfonamides is 1. The molecule has 11 heteroatoms. The van der Waals surface area contributed by atoms with E-state index in [9.17, 15) is 18.0 Å². The molecule has 2 amide bonds. The summed E-state index contributed by atoms with van der Waals surface area (Å²) < 4.78 is 28.4. The van der Waals surface area contributed by atoms with Crippen molar-refractivity contribution in [1.82, 2.24) is 10.2 Å². The Labute approximate surface area is 238 Å². The number of hydrogen-bond donors (Lipinski definition) is 1. The summed E-state index contributed by atoms with van der Waals surface area (Å²) in [7, 11) is -4.21. The molecule has 0 aliphatic heterocycles. The fourth-order valence-electron chi connectivity index (χ4n) is 3.72. The Morgan fingerprint density at radius 3 is 2.05 bits per heavy atom. The molecule has 0 radical (unpaired) electrons. The molecule has 0 heterocycles. The van der Waals surface area contributed by atoms with E-state index in [-0.39, 0.29) is 22.2 Å². The van der Waals surface area contributed by atoms with Crippen molar-refractivity contribution >= 4 is 62.3 Å². The summed E-state index contributed by atoms with van der Waals surface area (Å²) in [5.74, 6) is -1.03. The minimum atomic E-state index is -4.21. The molecule has 7 nitrogen and oxygen atoms in total. The van der Waals surface area contributed by atoms with Crippen molar-refractivity contribution in [3.63, 3.8) is 0 Å². The number of rotatable bonds is 11. The van der Waals surface area contributed by atoms with Crippen LogP contribution in [0.2, 0.25) is 15.1 Å². The van der Waals surface area contributed by atoms with Gasteiger partial charge in [-0.2, -0.15) is 0 Å². The highest BCUT2D eigenvalue weighted by Crippen LogP contribution is 2.31. The maximum absolute atomic E-state index is 13.9. The summed E-state index contributed by atoms with van der Waals surface area (Å²) in [4.78, 5) is 28.0. The molecule has 38 heavy (non-hydrogen) atoms. The van der Waals surface area contributed by atoms with E-state index in [1.165, 1.54) is 29.2 Å². The summed E-state index contributed by atoms with van der Waals surface area (Å²) in [5.41, 5.74) is 0.569. The van der Waals surface area contributed by atoms with Crippen LogP contribution in [0.5, 0.6) is 0 Å². The van der Waals surface area contributed by atoms with E-state index in [1.54, 1.807) is 55.5 Å². The quantitative estimate of drug-likeness (QED) is 0.304. The van der Waals surface area contributed by atoms with Crippen LogP contribution in [0.25, 0.3) is 0 Å². The highest BCUT2D eigenvalue weighted by molar-refractivity contribution is 7.92. The number of para-hydroxylation sites is 1. The van der Waals surface area contributed by atoms with Crippen LogP contribution in [0.3, 0.4) is 0 Å². The zero-order chi connectivity index (χ0) is 27.9. The third-order valence-corrected chi connectivity index (χ3v) is 8.64. The van der Waals surface area contributed by atoms with Crippen molar-refractivity contribution in [3.05, 3.63) is 93.4 Å². The molecule has 0 aromatic heterocycles. The third kappa shape index (κ3) is 6.99. The van der Waals surface area contributed by atoms with Gasteiger partial charge in [-0.3, -0.25) is 13.9 Å². The molecular weight excluding hydrogens is 569 g/mol. The first-order chi connectivity index (χ1) is 18.1. The van der Waals surface area contributed by atoms with E-state index in [1.807, 2.05) is 6.92 Å². The lowest BCUT2D eigenvalue weighted by Crippen LogP contribution is -2.51. The molecule has 3 rings (SSSR count). The van der Waals surface area contributed by atoms with Crippen LogP contribution < -0.4 is 9.62 Å². The lowest BCUT2D eigenvalue weighted by Gasteiger charge is -2.32. The van der Waals surface area contributed by atoms with Gasteiger partial charge in [-0.25, -0.2) is 8.42 Å². The van der Waals surface area contributed by atoms with Gasteiger partial charge >= 0.3 is 0 Å². The van der Waals surface area contributed by atoms with E-state index in [0.717, 1.165) is 4.31 Å². The number of hydrogen-bond acceptors (Lipinski definition) is 4. The number of carbonyl (C=O) groups is 2. The third-order valence-electron chi connectivity index (χ3n) is 5.84. The van der Waals surface area contributed by atoms with Crippen molar-refractivity contribution < 1.29 is 18.0 Å². The zero-order valence-electron chi connectivity index (χ0n) is 20.9. The van der Waals surface area contributed by atoms with Gasteiger partial charge in [0.25, 0.3) is 10.0 Å². The second-order valence-corrected chi connectivity index (χ2v) is 11.5. The van der Waals surface area contributed by atoms with Crippen molar-refractivity contribution in [1.29, 1.82) is 0 Å². The number of nitrogens with one attached hydrogen (secondary N) is 1. The Hall–Kier alpha value is -2.78. The smallest absolute Gasteiger partial charge is 0.264 e. The van der Waals surface area contributed by atoms with Crippen LogP contribution in [0, 0.1) is 0 Å². The lowest BCUT2D eigenvalue weighted by atomic mass is 10.1. The molecule has 0 aliphatic carbocycles. The van der Waals surface area contributed by atoms with Gasteiger partial charge < -0.3 is 10.2 Å². The molecular formula is C27H28Cl3N3O4S. The molecule has 0 aliphatic rings. The van der Waals surface area contributed by atoms with Crippen molar-refractivity contribution in [2.75, 3.05) is 17.4 Å². The average molecular weight is 597 g/mol. The van der Waals surface area contributed by atoms with Crippen LogP contribution in [0.15, 0.2) is 77.7 Å². The predicted molar refractivity (Wildman–Crippen MR) is 152 cm³/mol. The maximum atomic E-state index is 13.9. The second kappa shape index (κ2) is 13.3. The van der Waals surface area contributed by atoms with E-state index >= 15 is 0 Å². The summed E-state index contributed by atoms with van der Waals surface area (Å²) in [5, 5.41) is 3.56. The Morgan fingerprint density at radius 2 is 1.45 bits per heavy atom. The van der Waals surface area contributed by atoms with E-state index in [2.05, 4.69) is 5.32 Å². The maximum Gasteiger partial charge on any atom is 0.264 e. The Balaban J connectivity index is 2.06. The second-order valence-electron chi connectivity index (χ2n) is 8.46. The van der Waals surface area contributed by atoms with Gasteiger partial charge in [-0.1, -0.05) is 78.1 Å². The summed E-state index contributed by atoms with van der Waals surface area (Å²) >= 11 is 19.1. The molecule has 1 atom stereocenters. The van der Waals surface area contributed by atoms with Gasteiger partial charge in [0.1, 0.15) is 12.6 Å². The number of benzene rings is 3. The van der Waals surface area contributed by atoms with E-state index in [0.29, 0.717) is 28.6 Å². The number of carbonyl (C=O) groups excluding carboxylic acids is 2. The minimum Gasteiger partial charge on any atom is -0.354 e. The highest BCUT2D eigenvalue weighted by Gasteiger charge is 2.33. The highest BCUT2D eigenvalue weighted by atomic mass is 35.5. The fraction of sp³-hybridized carbons (Fsp3) is 0.259. The van der Waals surface area contributed by atoms with Crippen LogP contribution in [0.1, 0.15) is 25.8 Å². The normalized spacial score (nSPS) is 12.0. The summed E-state index contributed by atoms with van der Waals surface area (Å²) in [6.07, 6.45) is 0.707. The molecule has 0 saturated carbocycles. The predicted octanol–water partition coefficient (Wildman–Crippen LogP) is 5.79. The first kappa shape index (κ1) is 29.8. The van der Waals surface area contributed by atoms with Gasteiger partial charge in [0.15, 0.2) is 0 Å². The van der Waals surface area contributed by atoms with Crippen LogP contribution in [-0.2, 0) is 26.2 Å².